The van der Waals surface area contributed by atoms with Crippen molar-refractivity contribution in [3.8, 4) is 0 Å². The molecule has 4 aromatic rings. The maximum absolute atomic E-state index is 2.65. The second-order valence-corrected chi connectivity index (χ2v) is 50.6. The normalized spacial score (nSPS) is 21.5. The van der Waals surface area contributed by atoms with Crippen LogP contribution in [0.1, 0.15) is 437 Å². The van der Waals surface area contributed by atoms with Crippen LogP contribution in [0.2, 0.25) is 0 Å². The minimum atomic E-state index is 0.317. The molecule has 4 aliphatic heterocycles. The Kier molecular flexibility index (Phi) is 57.6. The quantitative estimate of drug-likeness (QED) is 0.0576. The second-order valence-electron chi connectivity index (χ2n) is 50.6. The highest BCUT2D eigenvalue weighted by Gasteiger charge is 2.46. The molecule has 0 bridgehead atoms. The van der Waals surface area contributed by atoms with Gasteiger partial charge in [-0.15, -0.1) is 0 Å². The van der Waals surface area contributed by atoms with Crippen molar-refractivity contribution >= 4 is 0 Å². The Balaban J connectivity index is 0.000000394. The Morgan fingerprint density at radius 2 is 0.555 bits per heavy atom. The maximum atomic E-state index is 2.65. The van der Waals surface area contributed by atoms with E-state index < -0.39 is 0 Å². The lowest BCUT2D eigenvalue weighted by molar-refractivity contribution is 0.0292. The standard InChI is InChI=1S/C17H27N.C16H25N.2C15H23N.C14H29N.C12H25N.2C10H21N.2C9H21N/c1-13(2)17(18(5)14(3)4)11-10-15-8-6-7-9-16(15)12-17;1-12(2)16(17(5)13(3)4)10-14-8-6-7-9-15(14)11-16;2*1-11(2)15-14-8-6-5-7-13(14)9-10-16(15)12(3)4;1-11(2)14(15(5)12(3)4)13-9-7-6-8-10-13;1-10(2)12(8-6-7-9-12)13(5)11(3)4;2*1-8(2)10-6-5-7-11(10)9(3)4;2*1-7(2)9(5)10(6)8(3)4/h6-9,13-14H,10-12H2,1-5H3;6-9,12-13H,10-11H2,1-5H3;2*5-8,11-12,15H,9-10H2,1-4H3;11-14H,6-10H2,1-5H3;10-11H,6-9H2,1-5H3;2*8-10H,5-7H2,1-4H3;2*7-9H,1-6H3/t;;2*15-;14-;;2*10-;2*9-/m..101.1010/s1. The van der Waals surface area contributed by atoms with E-state index in [0.29, 0.717) is 113 Å². The zero-order valence-corrected chi connectivity index (χ0v) is 100. The van der Waals surface area contributed by atoms with Crippen LogP contribution < -0.4 is 0 Å². The van der Waals surface area contributed by atoms with Crippen LogP contribution in [-0.2, 0) is 38.5 Å². The molecule has 2 saturated carbocycles. The van der Waals surface area contributed by atoms with Crippen molar-refractivity contribution in [1.82, 2.24) is 49.0 Å². The highest BCUT2D eigenvalue weighted by molar-refractivity contribution is 5.38. The summed E-state index contributed by atoms with van der Waals surface area (Å²) in [5, 5.41) is 0. The zero-order valence-electron chi connectivity index (χ0n) is 100. The lowest BCUT2D eigenvalue weighted by Gasteiger charge is -2.50. The third kappa shape index (κ3) is 37.7. The van der Waals surface area contributed by atoms with Crippen molar-refractivity contribution in [1.29, 1.82) is 0 Å². The van der Waals surface area contributed by atoms with Crippen molar-refractivity contribution in [2.75, 3.05) is 68.5 Å². The minimum Gasteiger partial charge on any atom is -0.301 e. The molecule has 0 aromatic heterocycles. The van der Waals surface area contributed by atoms with E-state index >= 15 is 0 Å². The average Bonchev–Trinajstić information content (AvgIpc) is 1.48. The molecule has 4 fully saturated rings. The fourth-order valence-electron chi connectivity index (χ4n) is 24.8. The summed E-state index contributed by atoms with van der Waals surface area (Å²) in [6.45, 7) is 102. The summed E-state index contributed by atoms with van der Waals surface area (Å²) in [6, 6.07) is 47.6. The number of aryl methyl sites for hydroxylation is 1. The third-order valence-corrected chi connectivity index (χ3v) is 35.5. The van der Waals surface area contributed by atoms with Crippen molar-refractivity contribution in [3.05, 3.63) is 142 Å². The van der Waals surface area contributed by atoms with Crippen LogP contribution in [0.15, 0.2) is 97.1 Å². The molecule has 12 rings (SSSR count). The van der Waals surface area contributed by atoms with Gasteiger partial charge in [0.2, 0.25) is 0 Å². The molecular formula is C127H236N10. The fourth-order valence-corrected chi connectivity index (χ4v) is 24.8. The summed E-state index contributed by atoms with van der Waals surface area (Å²) in [6.07, 6.45) is 27.1. The number of likely N-dealkylation sites (N-methyl/N-ethyl adjacent to an activating group) is 2. The van der Waals surface area contributed by atoms with Gasteiger partial charge in [-0.1, -0.05) is 268 Å². The number of benzene rings is 4. The molecule has 0 radical (unpaired) electrons. The minimum absolute atomic E-state index is 0.317. The average molecular weight is 1900 g/mol. The molecule has 4 aromatic carbocycles. The Labute approximate surface area is 857 Å². The summed E-state index contributed by atoms with van der Waals surface area (Å²) >= 11 is 0. The SMILES string of the molecule is CC(C)N(C)C1(C(C)C)CCCC1.CC(C)N(C)C1(C(C)C)CCc2ccccc2C1.CC(C)N(C)C1(C(C)C)Cc2ccccc2C1.CC(C)[C@@H](C)N(C)C(C)C.CC(C)[C@@H]1CCCN1C(C)C.CC(C)[C@@H]1c2ccccc2CCN1C(C)C.CC(C)[C@H](C)N(C)C(C)C.CC(C)[C@H](C1CCCCC1)N(C)C(C)C.CC(C)[C@H]1CCCN1C(C)C.CC(C)[C@H]1c2ccccc2CCN1C(C)C. The Hall–Kier alpha value is -3.52. The van der Waals surface area contributed by atoms with E-state index in [9.17, 15) is 0 Å². The predicted molar refractivity (Wildman–Crippen MR) is 613 cm³/mol. The van der Waals surface area contributed by atoms with Gasteiger partial charge >= 0.3 is 0 Å². The monoisotopic (exact) mass is 1900 g/mol. The molecule has 137 heavy (non-hydrogen) atoms. The molecule has 8 atom stereocenters. The van der Waals surface area contributed by atoms with E-state index in [-0.39, 0.29) is 0 Å². The second kappa shape index (κ2) is 61.8. The molecule has 2 saturated heterocycles. The smallest absolute Gasteiger partial charge is 0.0376 e. The van der Waals surface area contributed by atoms with Crippen LogP contribution in [0.25, 0.3) is 0 Å². The first kappa shape index (κ1) is 128. The van der Waals surface area contributed by atoms with Crippen LogP contribution in [0, 0.1) is 65.1 Å². The first-order valence-electron chi connectivity index (χ1n) is 57.6. The van der Waals surface area contributed by atoms with Crippen molar-refractivity contribution in [3.63, 3.8) is 0 Å². The maximum Gasteiger partial charge on any atom is 0.0376 e. The van der Waals surface area contributed by atoms with E-state index in [2.05, 4.69) is 479 Å². The van der Waals surface area contributed by atoms with Gasteiger partial charge in [-0.25, -0.2) is 0 Å². The van der Waals surface area contributed by atoms with Crippen LogP contribution >= 0.6 is 0 Å². The fraction of sp³-hybridized carbons (Fsp3) is 0.811. The molecule has 10 heteroatoms. The van der Waals surface area contributed by atoms with Crippen molar-refractivity contribution in [2.45, 2.75) is 539 Å². The molecule has 4 heterocycles. The highest BCUT2D eigenvalue weighted by Crippen LogP contribution is 2.45. The first-order valence-corrected chi connectivity index (χ1v) is 57.6. The largest absolute Gasteiger partial charge is 0.301 e. The Morgan fingerprint density at radius 1 is 0.255 bits per heavy atom. The van der Waals surface area contributed by atoms with E-state index in [4.69, 9.17) is 0 Å². The van der Waals surface area contributed by atoms with Gasteiger partial charge in [0.25, 0.3) is 0 Å². The highest BCUT2D eigenvalue weighted by atomic mass is 15.2. The van der Waals surface area contributed by atoms with E-state index in [1.54, 1.807) is 44.5 Å². The number of rotatable bonds is 27. The number of hydrogen-bond donors (Lipinski definition) is 0. The Morgan fingerprint density at radius 3 is 0.832 bits per heavy atom. The summed E-state index contributed by atoms with van der Waals surface area (Å²) in [5.41, 5.74) is 13.6. The van der Waals surface area contributed by atoms with Gasteiger partial charge in [0, 0.05) is 132 Å². The van der Waals surface area contributed by atoms with Gasteiger partial charge in [0.1, 0.15) is 0 Å². The topological polar surface area (TPSA) is 32.4 Å². The van der Waals surface area contributed by atoms with E-state index in [1.165, 1.54) is 155 Å². The first-order chi connectivity index (χ1) is 63.9. The molecule has 0 spiro atoms. The van der Waals surface area contributed by atoms with E-state index in [0.717, 1.165) is 71.6 Å². The molecule has 0 N–H and O–H groups in total. The van der Waals surface area contributed by atoms with Gasteiger partial charge in [-0.3, -0.25) is 34.3 Å². The number of likely N-dealkylation sites (tertiary alicyclic amines) is 2. The van der Waals surface area contributed by atoms with Gasteiger partial charge in [-0.05, 0) is 414 Å². The molecule has 4 aliphatic carbocycles. The number of nitrogens with zero attached hydrogens (tertiary/aromatic N) is 10. The lowest BCUT2D eigenvalue weighted by Crippen LogP contribution is -2.56. The molecule has 8 aliphatic rings. The zero-order chi connectivity index (χ0) is 104. The number of fused-ring (bicyclic) bond motifs is 4. The van der Waals surface area contributed by atoms with Crippen molar-refractivity contribution in [2.24, 2.45) is 65.1 Å². The van der Waals surface area contributed by atoms with Crippen molar-refractivity contribution < 1.29 is 0 Å². The van der Waals surface area contributed by atoms with Crippen LogP contribution in [0.3, 0.4) is 0 Å². The third-order valence-electron chi connectivity index (χ3n) is 35.5. The molecule has 794 valence electrons. The van der Waals surface area contributed by atoms with Gasteiger partial charge in [-0.2, -0.15) is 0 Å². The predicted octanol–water partition coefficient (Wildman–Crippen LogP) is 31.7. The molecule has 0 amide bonds. The summed E-state index contributed by atoms with van der Waals surface area (Å²) in [4.78, 5) is 25.8. The number of hydrogen-bond acceptors (Lipinski definition) is 10. The van der Waals surface area contributed by atoms with Gasteiger partial charge in [0.05, 0.1) is 0 Å². The molecule has 1 unspecified atom stereocenters. The van der Waals surface area contributed by atoms with E-state index in [1.807, 2.05) is 0 Å². The molecule has 10 nitrogen and oxygen atoms in total. The van der Waals surface area contributed by atoms with Crippen LogP contribution in [-0.4, -0.2) is 225 Å². The summed E-state index contributed by atoms with van der Waals surface area (Å²) < 4.78 is 0. The summed E-state index contributed by atoms with van der Waals surface area (Å²) in [7, 11) is 13.6. The lowest BCUT2D eigenvalue weighted by atomic mass is 9.70. The molecular weight excluding hydrogens is 1670 g/mol. The van der Waals surface area contributed by atoms with Gasteiger partial charge in [0.15, 0.2) is 0 Å². The van der Waals surface area contributed by atoms with Gasteiger partial charge < -0.3 is 14.7 Å². The van der Waals surface area contributed by atoms with Crippen LogP contribution in [0.4, 0.5) is 0 Å². The Bertz CT molecular complexity index is 3580. The van der Waals surface area contributed by atoms with Crippen LogP contribution in [0.5, 0.6) is 0 Å². The summed E-state index contributed by atoms with van der Waals surface area (Å²) in [5.74, 6) is 8.46.